The molecule has 3 aromatic rings. The number of fused-ring (bicyclic) bond motifs is 1. The molecule has 0 aliphatic heterocycles. The van der Waals surface area contributed by atoms with Crippen LogP contribution in [-0.4, -0.2) is 22.8 Å². The zero-order valence-corrected chi connectivity index (χ0v) is 16.4. The minimum Gasteiger partial charge on any atom is -0.361 e. The number of nitrogens with one attached hydrogen (secondary N) is 3. The number of aromatic amines is 1. The van der Waals surface area contributed by atoms with E-state index in [-0.39, 0.29) is 17.7 Å². The van der Waals surface area contributed by atoms with E-state index in [1.165, 1.54) is 0 Å². The van der Waals surface area contributed by atoms with Gasteiger partial charge in [0, 0.05) is 35.1 Å². The molecule has 1 aromatic heterocycles. The van der Waals surface area contributed by atoms with E-state index >= 15 is 0 Å². The maximum Gasteiger partial charge on any atom is 0.247 e. The Hall–Kier alpha value is -3.08. The molecule has 2 amide bonds. The smallest absolute Gasteiger partial charge is 0.247 e. The van der Waals surface area contributed by atoms with Crippen LogP contribution in [0.15, 0.2) is 60.8 Å². The van der Waals surface area contributed by atoms with Crippen LogP contribution in [-0.2, 0) is 16.0 Å². The second-order valence-corrected chi connectivity index (χ2v) is 6.99. The van der Waals surface area contributed by atoms with Gasteiger partial charge in [-0.2, -0.15) is 0 Å². The van der Waals surface area contributed by atoms with Crippen LogP contribution in [0.3, 0.4) is 0 Å². The van der Waals surface area contributed by atoms with Gasteiger partial charge in [0.1, 0.15) is 6.04 Å². The number of para-hydroxylation sites is 2. The zero-order chi connectivity index (χ0) is 19.9. The molecule has 2 aromatic carbocycles. The Bertz CT molecular complexity index is 929. The summed E-state index contributed by atoms with van der Waals surface area (Å²) in [6, 6.07) is 16.6. The summed E-state index contributed by atoms with van der Waals surface area (Å²) in [6.45, 7) is 3.99. The van der Waals surface area contributed by atoms with Gasteiger partial charge < -0.3 is 15.6 Å². The lowest BCUT2D eigenvalue weighted by molar-refractivity contribution is -0.129. The number of hydrogen-bond donors (Lipinski definition) is 3. The molecule has 0 saturated carbocycles. The lowest BCUT2D eigenvalue weighted by Crippen LogP contribution is -2.47. The molecule has 3 N–H and O–H groups in total. The first kappa shape index (κ1) is 19.7. The van der Waals surface area contributed by atoms with Crippen molar-refractivity contribution in [2.45, 2.75) is 39.2 Å². The first-order chi connectivity index (χ1) is 13.6. The van der Waals surface area contributed by atoms with Crippen molar-refractivity contribution in [3.05, 3.63) is 66.4 Å². The Morgan fingerprint density at radius 1 is 0.929 bits per heavy atom. The molecule has 0 bridgehead atoms. The SMILES string of the molecule is CCC(CC)C(=O)N[C@@H](Cc1c[nH]c2ccccc12)C(=O)Nc1ccccc1. The minimum absolute atomic E-state index is 0.0712. The van der Waals surface area contributed by atoms with Crippen LogP contribution in [0.5, 0.6) is 0 Å². The predicted octanol–water partition coefficient (Wildman–Crippen LogP) is 4.27. The second-order valence-electron chi connectivity index (χ2n) is 6.99. The highest BCUT2D eigenvalue weighted by Crippen LogP contribution is 2.20. The maximum atomic E-state index is 13.0. The minimum atomic E-state index is -0.646. The normalized spacial score (nSPS) is 12.1. The van der Waals surface area contributed by atoms with Crippen molar-refractivity contribution in [2.24, 2.45) is 5.92 Å². The Morgan fingerprint density at radius 2 is 1.61 bits per heavy atom. The Kier molecular flexibility index (Phi) is 6.48. The van der Waals surface area contributed by atoms with Crippen LogP contribution < -0.4 is 10.6 Å². The number of hydrogen-bond acceptors (Lipinski definition) is 2. The van der Waals surface area contributed by atoms with Gasteiger partial charge in [-0.05, 0) is 36.6 Å². The molecular weight excluding hydrogens is 350 g/mol. The van der Waals surface area contributed by atoms with Gasteiger partial charge in [0.25, 0.3) is 0 Å². The van der Waals surface area contributed by atoms with E-state index in [0.717, 1.165) is 29.3 Å². The van der Waals surface area contributed by atoms with Crippen molar-refractivity contribution in [3.8, 4) is 0 Å². The summed E-state index contributed by atoms with van der Waals surface area (Å²) < 4.78 is 0. The molecule has 0 aliphatic carbocycles. The number of carbonyl (C=O) groups is 2. The van der Waals surface area contributed by atoms with Gasteiger partial charge in [-0.3, -0.25) is 9.59 Å². The van der Waals surface area contributed by atoms with E-state index in [1.54, 1.807) is 0 Å². The van der Waals surface area contributed by atoms with Crippen LogP contribution >= 0.6 is 0 Å². The first-order valence-electron chi connectivity index (χ1n) is 9.83. The van der Waals surface area contributed by atoms with Gasteiger partial charge in [0.15, 0.2) is 0 Å². The summed E-state index contributed by atoms with van der Waals surface area (Å²) in [5.74, 6) is -0.371. The fraction of sp³-hybridized carbons (Fsp3) is 0.304. The topological polar surface area (TPSA) is 74.0 Å². The number of benzene rings is 2. The average molecular weight is 377 g/mol. The maximum absolute atomic E-state index is 13.0. The van der Waals surface area contributed by atoms with Gasteiger partial charge in [-0.15, -0.1) is 0 Å². The number of carbonyl (C=O) groups excluding carboxylic acids is 2. The van der Waals surface area contributed by atoms with Crippen molar-refractivity contribution >= 4 is 28.4 Å². The van der Waals surface area contributed by atoms with Gasteiger partial charge in [-0.25, -0.2) is 0 Å². The quantitative estimate of drug-likeness (QED) is 0.548. The fourth-order valence-corrected chi connectivity index (χ4v) is 3.43. The molecule has 3 rings (SSSR count). The van der Waals surface area contributed by atoms with E-state index in [4.69, 9.17) is 0 Å². The number of aromatic nitrogens is 1. The molecular formula is C23H27N3O2. The molecule has 0 saturated heterocycles. The number of H-pyrrole nitrogens is 1. The van der Waals surface area contributed by atoms with E-state index in [2.05, 4.69) is 15.6 Å². The fourth-order valence-electron chi connectivity index (χ4n) is 3.43. The lowest BCUT2D eigenvalue weighted by Gasteiger charge is -2.21. The first-order valence-corrected chi connectivity index (χ1v) is 9.83. The summed E-state index contributed by atoms with van der Waals surface area (Å²) in [7, 11) is 0. The van der Waals surface area contributed by atoms with E-state index in [9.17, 15) is 9.59 Å². The molecule has 0 spiro atoms. The third-order valence-corrected chi connectivity index (χ3v) is 5.13. The largest absolute Gasteiger partial charge is 0.361 e. The van der Waals surface area contributed by atoms with Crippen LogP contribution in [0, 0.1) is 5.92 Å². The number of amides is 2. The summed E-state index contributed by atoms with van der Waals surface area (Å²) >= 11 is 0. The lowest BCUT2D eigenvalue weighted by atomic mass is 10.00. The van der Waals surface area contributed by atoms with Crippen LogP contribution in [0.25, 0.3) is 10.9 Å². The Morgan fingerprint density at radius 3 is 2.32 bits per heavy atom. The molecule has 1 atom stereocenters. The van der Waals surface area contributed by atoms with Gasteiger partial charge in [0.2, 0.25) is 11.8 Å². The molecule has 1 heterocycles. The predicted molar refractivity (Wildman–Crippen MR) is 113 cm³/mol. The monoisotopic (exact) mass is 377 g/mol. The van der Waals surface area contributed by atoms with Gasteiger partial charge >= 0.3 is 0 Å². The van der Waals surface area contributed by atoms with Crippen molar-refractivity contribution in [1.82, 2.24) is 10.3 Å². The number of rotatable bonds is 8. The summed E-state index contributed by atoms with van der Waals surface area (Å²) in [5, 5.41) is 6.96. The third-order valence-electron chi connectivity index (χ3n) is 5.13. The highest BCUT2D eigenvalue weighted by Gasteiger charge is 2.25. The highest BCUT2D eigenvalue weighted by molar-refractivity contribution is 5.98. The van der Waals surface area contributed by atoms with Crippen molar-refractivity contribution < 1.29 is 9.59 Å². The van der Waals surface area contributed by atoms with Crippen molar-refractivity contribution in [1.29, 1.82) is 0 Å². The number of anilines is 1. The molecule has 146 valence electrons. The Labute approximate surface area is 165 Å². The highest BCUT2D eigenvalue weighted by atomic mass is 16.2. The van der Waals surface area contributed by atoms with Gasteiger partial charge in [0.05, 0.1) is 0 Å². The molecule has 28 heavy (non-hydrogen) atoms. The molecule has 5 heteroatoms. The molecule has 5 nitrogen and oxygen atoms in total. The average Bonchev–Trinajstić information content (AvgIpc) is 3.12. The van der Waals surface area contributed by atoms with Crippen LogP contribution in [0.4, 0.5) is 5.69 Å². The van der Waals surface area contributed by atoms with E-state index in [0.29, 0.717) is 12.1 Å². The molecule has 0 aliphatic rings. The summed E-state index contributed by atoms with van der Waals surface area (Å²) in [4.78, 5) is 28.9. The van der Waals surface area contributed by atoms with Gasteiger partial charge in [-0.1, -0.05) is 50.2 Å². The summed E-state index contributed by atoms with van der Waals surface area (Å²) in [6.07, 6.45) is 3.84. The van der Waals surface area contributed by atoms with Crippen LogP contribution in [0.1, 0.15) is 32.3 Å². The van der Waals surface area contributed by atoms with Crippen molar-refractivity contribution in [3.63, 3.8) is 0 Å². The molecule has 0 fully saturated rings. The van der Waals surface area contributed by atoms with E-state index in [1.807, 2.05) is 74.6 Å². The second kappa shape index (κ2) is 9.22. The molecule has 0 radical (unpaired) electrons. The standard InChI is InChI=1S/C23H27N3O2/c1-3-16(4-2)22(27)26-21(23(28)25-18-10-6-5-7-11-18)14-17-15-24-20-13-9-8-12-19(17)20/h5-13,15-16,21,24H,3-4,14H2,1-2H3,(H,25,28)(H,26,27)/t21-/m0/s1. The zero-order valence-electron chi connectivity index (χ0n) is 16.4. The third kappa shape index (κ3) is 4.60. The summed E-state index contributed by atoms with van der Waals surface area (Å²) in [5.41, 5.74) is 2.74. The Balaban J connectivity index is 1.83. The van der Waals surface area contributed by atoms with E-state index < -0.39 is 6.04 Å². The van der Waals surface area contributed by atoms with Crippen molar-refractivity contribution in [2.75, 3.05) is 5.32 Å². The molecule has 0 unspecified atom stereocenters. The van der Waals surface area contributed by atoms with Crippen LogP contribution in [0.2, 0.25) is 0 Å².